The van der Waals surface area contributed by atoms with Gasteiger partial charge in [-0.1, -0.05) is 12.1 Å². The molecule has 1 atom stereocenters. The summed E-state index contributed by atoms with van der Waals surface area (Å²) in [5, 5.41) is 11.3. The fourth-order valence-electron chi connectivity index (χ4n) is 2.43. The van der Waals surface area contributed by atoms with Crippen LogP contribution in [0.3, 0.4) is 0 Å². The van der Waals surface area contributed by atoms with E-state index < -0.39 is 24.9 Å². The number of carboxylic acid groups (broad SMARTS) is 1. The number of ether oxygens (including phenoxy) is 2. The summed E-state index contributed by atoms with van der Waals surface area (Å²) in [5.74, 6) is -3.13. The number of aromatic amines is 1. The van der Waals surface area contributed by atoms with Crippen LogP contribution >= 0.6 is 0 Å². The Kier molecular flexibility index (Phi) is 6.89. The van der Waals surface area contributed by atoms with Crippen molar-refractivity contribution in [3.63, 3.8) is 0 Å². The SMILES string of the molecule is COC(OC)(c1ccc2cc[nH+]cc2c1)C(C)C(=O)O.F[B-](F)(F)F. The molecule has 2 N–H and O–H groups in total. The van der Waals surface area contributed by atoms with Crippen molar-refractivity contribution in [1.82, 2.24) is 0 Å². The number of methoxy groups -OCH3 is 2. The molecule has 1 aromatic carbocycles. The lowest BCUT2D eigenvalue weighted by molar-refractivity contribution is -0.375. The molecule has 1 aromatic heterocycles. The highest BCUT2D eigenvalue weighted by atomic mass is 19.5. The van der Waals surface area contributed by atoms with E-state index in [2.05, 4.69) is 4.98 Å². The van der Waals surface area contributed by atoms with Crippen molar-refractivity contribution in [1.29, 1.82) is 0 Å². The topological polar surface area (TPSA) is 69.9 Å². The zero-order valence-electron chi connectivity index (χ0n) is 13.8. The van der Waals surface area contributed by atoms with Crippen molar-refractivity contribution in [3.05, 3.63) is 42.2 Å². The minimum absolute atomic E-state index is 0.671. The average Bonchev–Trinajstić information content (AvgIpc) is 2.54. The highest BCUT2D eigenvalue weighted by molar-refractivity contribution is 6.50. The van der Waals surface area contributed by atoms with Gasteiger partial charge in [-0.05, 0) is 18.4 Å². The minimum Gasteiger partial charge on any atom is -0.481 e. The first-order valence-electron chi connectivity index (χ1n) is 7.16. The largest absolute Gasteiger partial charge is 0.673 e. The Bertz CT molecular complexity index is 716. The number of aromatic nitrogens is 1. The van der Waals surface area contributed by atoms with Crippen LogP contribution in [0.25, 0.3) is 10.8 Å². The van der Waals surface area contributed by atoms with Gasteiger partial charge < -0.3 is 31.8 Å². The van der Waals surface area contributed by atoms with Crippen LogP contribution in [-0.2, 0) is 20.1 Å². The number of carbonyl (C=O) groups is 1. The number of carboxylic acids is 1. The van der Waals surface area contributed by atoms with E-state index in [4.69, 9.17) is 9.47 Å². The number of benzene rings is 1. The van der Waals surface area contributed by atoms with Crippen molar-refractivity contribution < 1.29 is 41.6 Å². The number of halogens is 4. The smallest absolute Gasteiger partial charge is 0.481 e. The van der Waals surface area contributed by atoms with E-state index in [-0.39, 0.29) is 0 Å². The van der Waals surface area contributed by atoms with Crippen LogP contribution in [0, 0.1) is 5.92 Å². The van der Waals surface area contributed by atoms with Crippen LogP contribution in [0.4, 0.5) is 17.3 Å². The summed E-state index contributed by atoms with van der Waals surface area (Å²) < 4.78 is 49.9. The highest BCUT2D eigenvalue weighted by Crippen LogP contribution is 2.35. The molecule has 0 bridgehead atoms. The summed E-state index contributed by atoms with van der Waals surface area (Å²) in [4.78, 5) is 14.3. The van der Waals surface area contributed by atoms with Gasteiger partial charge in [0.25, 0.3) is 0 Å². The summed E-state index contributed by atoms with van der Waals surface area (Å²) in [7, 11) is -3.10. The molecule has 0 amide bonds. The minimum atomic E-state index is -6.00. The van der Waals surface area contributed by atoms with Crippen molar-refractivity contribution in [3.8, 4) is 0 Å². The van der Waals surface area contributed by atoms with Crippen LogP contribution in [0.15, 0.2) is 36.7 Å². The highest BCUT2D eigenvalue weighted by Gasteiger charge is 2.43. The average molecular weight is 363 g/mol. The first-order chi connectivity index (χ1) is 11.5. The standard InChI is InChI=1S/C15H17NO4.BF4/c1-10(14(17)18)15(19-2,20-3)13-5-4-11-6-7-16-9-12(11)8-13;2-1(3,4)5/h4-10H,1-3H3,(H,17,18);/q;-1/p+1. The van der Waals surface area contributed by atoms with Gasteiger partial charge in [0.1, 0.15) is 5.92 Å². The number of fused-ring (bicyclic) bond motifs is 1. The Morgan fingerprint density at radius 3 is 2.20 bits per heavy atom. The first-order valence-corrected chi connectivity index (χ1v) is 7.16. The van der Waals surface area contributed by atoms with Gasteiger partial charge in [0.2, 0.25) is 5.79 Å². The van der Waals surface area contributed by atoms with Gasteiger partial charge in [0, 0.05) is 31.2 Å². The van der Waals surface area contributed by atoms with Gasteiger partial charge in [-0.25, -0.2) is 4.98 Å². The van der Waals surface area contributed by atoms with Gasteiger partial charge in [0.15, 0.2) is 12.4 Å². The molecule has 0 spiro atoms. The van der Waals surface area contributed by atoms with Crippen molar-refractivity contribution in [2.45, 2.75) is 12.7 Å². The maximum Gasteiger partial charge on any atom is 0.673 e. The Hall–Kier alpha value is -2.20. The fraction of sp³-hybridized carbons (Fsp3) is 0.333. The Balaban J connectivity index is 0.000000550. The lowest BCUT2D eigenvalue weighted by Gasteiger charge is -2.34. The van der Waals surface area contributed by atoms with E-state index in [1.807, 2.05) is 36.7 Å². The molecule has 0 aliphatic carbocycles. The van der Waals surface area contributed by atoms with Crippen LogP contribution < -0.4 is 4.98 Å². The quantitative estimate of drug-likeness (QED) is 0.504. The summed E-state index contributed by atoms with van der Waals surface area (Å²) in [6.45, 7) is 1.57. The summed E-state index contributed by atoms with van der Waals surface area (Å²) in [6.07, 6.45) is 3.68. The molecule has 2 rings (SSSR count). The summed E-state index contributed by atoms with van der Waals surface area (Å²) in [5.41, 5.74) is 0.671. The Morgan fingerprint density at radius 1 is 1.16 bits per heavy atom. The zero-order valence-corrected chi connectivity index (χ0v) is 13.8. The van der Waals surface area contributed by atoms with Crippen molar-refractivity contribution in [2.75, 3.05) is 14.2 Å². The third kappa shape index (κ3) is 5.40. The number of hydrogen-bond acceptors (Lipinski definition) is 3. The number of pyridine rings is 1. The molecule has 2 aromatic rings. The van der Waals surface area contributed by atoms with E-state index in [0.717, 1.165) is 10.8 Å². The molecule has 0 fully saturated rings. The van der Waals surface area contributed by atoms with Crippen molar-refractivity contribution in [2.24, 2.45) is 5.92 Å². The lowest BCUT2D eigenvalue weighted by Crippen LogP contribution is -2.41. The molecule has 5 nitrogen and oxygen atoms in total. The fourth-order valence-corrected chi connectivity index (χ4v) is 2.43. The molecule has 25 heavy (non-hydrogen) atoms. The summed E-state index contributed by atoms with van der Waals surface area (Å²) in [6, 6.07) is 7.56. The second-order valence-electron chi connectivity index (χ2n) is 5.12. The van der Waals surface area contributed by atoms with Gasteiger partial charge in [-0.2, -0.15) is 0 Å². The third-order valence-corrected chi connectivity index (χ3v) is 3.63. The normalized spacial score (nSPS) is 13.1. The molecule has 0 radical (unpaired) electrons. The summed E-state index contributed by atoms with van der Waals surface area (Å²) >= 11 is 0. The molecular weight excluding hydrogens is 345 g/mol. The van der Waals surface area contributed by atoms with Crippen molar-refractivity contribution >= 4 is 24.0 Å². The molecule has 1 heterocycles. The second kappa shape index (κ2) is 8.26. The van der Waals surface area contributed by atoms with E-state index in [1.54, 1.807) is 6.92 Å². The van der Waals surface area contributed by atoms with E-state index in [0.29, 0.717) is 5.56 Å². The number of H-pyrrole nitrogens is 1. The zero-order chi connectivity index (χ0) is 19.3. The predicted octanol–water partition coefficient (Wildman–Crippen LogP) is 3.12. The van der Waals surface area contributed by atoms with E-state index >= 15 is 0 Å². The molecule has 1 unspecified atom stereocenters. The second-order valence-corrected chi connectivity index (χ2v) is 5.12. The van der Waals surface area contributed by atoms with Crippen LogP contribution in [-0.4, -0.2) is 32.5 Å². The monoisotopic (exact) mass is 363 g/mol. The molecular formula is C15H18BF4NO4. The molecule has 10 heteroatoms. The third-order valence-electron chi connectivity index (χ3n) is 3.63. The van der Waals surface area contributed by atoms with Crippen LogP contribution in [0.5, 0.6) is 0 Å². The van der Waals surface area contributed by atoms with Crippen LogP contribution in [0.2, 0.25) is 0 Å². The van der Waals surface area contributed by atoms with E-state index in [9.17, 15) is 27.2 Å². The maximum absolute atomic E-state index is 11.3. The molecule has 0 saturated carbocycles. The number of hydrogen-bond donors (Lipinski definition) is 1. The maximum atomic E-state index is 11.3. The molecule has 0 aliphatic rings. The number of rotatable bonds is 5. The number of nitrogens with one attached hydrogen (secondary N) is 1. The molecule has 0 saturated heterocycles. The molecule has 0 aliphatic heterocycles. The Labute approximate surface area is 141 Å². The lowest BCUT2D eigenvalue weighted by atomic mass is 9.91. The number of aliphatic carboxylic acids is 1. The van der Waals surface area contributed by atoms with Crippen LogP contribution in [0.1, 0.15) is 12.5 Å². The van der Waals surface area contributed by atoms with E-state index in [1.165, 1.54) is 14.2 Å². The predicted molar refractivity (Wildman–Crippen MR) is 83.2 cm³/mol. The molecule has 138 valence electrons. The van der Waals surface area contributed by atoms with Gasteiger partial charge in [0.05, 0.1) is 0 Å². The van der Waals surface area contributed by atoms with Gasteiger partial charge in [-0.15, -0.1) is 0 Å². The van der Waals surface area contributed by atoms with Gasteiger partial charge in [-0.3, -0.25) is 4.79 Å². The first kappa shape index (κ1) is 20.8. The Morgan fingerprint density at radius 2 is 1.72 bits per heavy atom. The van der Waals surface area contributed by atoms with Gasteiger partial charge >= 0.3 is 13.2 Å².